The maximum Gasteiger partial charge on any atom is 0.300 e. The van der Waals surface area contributed by atoms with E-state index in [-0.39, 0.29) is 11.2 Å². The number of rotatable bonds is 7. The molecule has 1 amide bonds. The number of carbonyl (C=O) groups is 2. The van der Waals surface area contributed by atoms with Crippen LogP contribution in [0.5, 0.6) is 0 Å². The molecule has 2 rings (SSSR count). The molecule has 1 aromatic rings. The summed E-state index contributed by atoms with van der Waals surface area (Å²) in [6.45, 7) is 9.68. The van der Waals surface area contributed by atoms with Crippen LogP contribution in [-0.2, 0) is 16.1 Å². The van der Waals surface area contributed by atoms with Crippen molar-refractivity contribution < 1.29 is 14.7 Å². The highest BCUT2D eigenvalue weighted by molar-refractivity contribution is 8.00. The van der Waals surface area contributed by atoms with Crippen molar-refractivity contribution in [3.05, 3.63) is 18.5 Å². The minimum Gasteiger partial charge on any atom is -0.481 e. The topological polar surface area (TPSA) is 100 Å². The van der Waals surface area contributed by atoms with Crippen LogP contribution in [-0.4, -0.2) is 69.1 Å². The van der Waals surface area contributed by atoms with E-state index in [1.54, 1.807) is 19.0 Å². The van der Waals surface area contributed by atoms with E-state index in [0.29, 0.717) is 12.5 Å². The van der Waals surface area contributed by atoms with Gasteiger partial charge < -0.3 is 19.9 Å². The summed E-state index contributed by atoms with van der Waals surface area (Å²) in [4.78, 5) is 22.9. The highest BCUT2D eigenvalue weighted by Gasteiger charge is 2.26. The molecule has 0 bridgehead atoms. The molecule has 152 valence electrons. The van der Waals surface area contributed by atoms with Crippen molar-refractivity contribution in [2.45, 2.75) is 56.0 Å². The zero-order valence-corrected chi connectivity index (χ0v) is 17.5. The number of aliphatic carboxylic acids is 1. The van der Waals surface area contributed by atoms with E-state index in [0.717, 1.165) is 50.3 Å². The zero-order valence-electron chi connectivity index (χ0n) is 16.6. The Morgan fingerprint density at radius 3 is 2.48 bits per heavy atom. The van der Waals surface area contributed by atoms with Gasteiger partial charge in [0.05, 0.1) is 5.25 Å². The molecule has 2 heterocycles. The summed E-state index contributed by atoms with van der Waals surface area (Å²) in [5.74, 6) is 0.748. The number of amides is 1. The first kappa shape index (κ1) is 23.2. The fourth-order valence-corrected chi connectivity index (χ4v) is 3.91. The Balaban J connectivity index is 0.000000828. The second-order valence-corrected chi connectivity index (χ2v) is 7.70. The minimum absolute atomic E-state index is 0.120. The van der Waals surface area contributed by atoms with Crippen LogP contribution in [0.4, 0.5) is 0 Å². The van der Waals surface area contributed by atoms with Crippen molar-refractivity contribution in [3.63, 3.8) is 0 Å². The second-order valence-electron chi connectivity index (χ2n) is 6.53. The molecule has 0 spiro atoms. The van der Waals surface area contributed by atoms with Crippen LogP contribution >= 0.6 is 11.8 Å². The van der Waals surface area contributed by atoms with E-state index < -0.39 is 5.97 Å². The molecule has 2 N–H and O–H groups in total. The first-order valence-electron chi connectivity index (χ1n) is 9.13. The summed E-state index contributed by atoms with van der Waals surface area (Å²) in [5, 5.41) is 20.3. The van der Waals surface area contributed by atoms with Gasteiger partial charge in [0.15, 0.2) is 5.16 Å². The number of carboxylic acids is 1. The lowest BCUT2D eigenvalue weighted by atomic mass is 9.97. The van der Waals surface area contributed by atoms with Crippen LogP contribution < -0.4 is 5.32 Å². The quantitative estimate of drug-likeness (QED) is 0.536. The van der Waals surface area contributed by atoms with Crippen LogP contribution in [0.15, 0.2) is 17.8 Å². The summed E-state index contributed by atoms with van der Waals surface area (Å²) >= 11 is 1.51. The van der Waals surface area contributed by atoms with E-state index >= 15 is 0 Å². The molecule has 1 aliphatic heterocycles. The molecule has 0 aliphatic carbocycles. The Morgan fingerprint density at radius 2 is 2.00 bits per heavy atom. The molecule has 27 heavy (non-hydrogen) atoms. The SMILES string of the molecule is C=CCn1c(SC(CC)C(=O)N(C)C)nnc1C1CCNCC1.CC(=O)O. The molecule has 0 radical (unpaired) electrons. The molecule has 1 saturated heterocycles. The summed E-state index contributed by atoms with van der Waals surface area (Å²) < 4.78 is 2.12. The van der Waals surface area contributed by atoms with Gasteiger partial charge in [-0.2, -0.15) is 0 Å². The Morgan fingerprint density at radius 1 is 1.41 bits per heavy atom. The number of carboxylic acid groups (broad SMARTS) is 1. The zero-order chi connectivity index (χ0) is 20.4. The molecule has 0 saturated carbocycles. The first-order chi connectivity index (χ1) is 12.8. The number of aromatic nitrogens is 3. The lowest BCUT2D eigenvalue weighted by Crippen LogP contribution is -2.31. The number of hydrogen-bond donors (Lipinski definition) is 2. The fraction of sp³-hybridized carbons (Fsp3) is 0.667. The van der Waals surface area contributed by atoms with Crippen LogP contribution in [0.2, 0.25) is 0 Å². The highest BCUT2D eigenvalue weighted by Crippen LogP contribution is 2.30. The summed E-state index contributed by atoms with van der Waals surface area (Å²) in [6, 6.07) is 0. The van der Waals surface area contributed by atoms with Gasteiger partial charge in [-0.1, -0.05) is 24.8 Å². The Kier molecular flexibility index (Phi) is 10.1. The predicted octanol–water partition coefficient (Wildman–Crippen LogP) is 1.98. The Hall–Kier alpha value is -1.87. The number of nitrogens with one attached hydrogen (secondary N) is 1. The molecular weight excluding hydrogens is 366 g/mol. The molecule has 9 heteroatoms. The Bertz CT molecular complexity index is 623. The van der Waals surface area contributed by atoms with Gasteiger partial charge in [0.2, 0.25) is 5.91 Å². The number of piperidine rings is 1. The fourth-order valence-electron chi connectivity index (χ4n) is 2.79. The van der Waals surface area contributed by atoms with Crippen LogP contribution in [0, 0.1) is 0 Å². The smallest absolute Gasteiger partial charge is 0.300 e. The third kappa shape index (κ3) is 7.34. The van der Waals surface area contributed by atoms with E-state index in [1.807, 2.05) is 13.0 Å². The van der Waals surface area contributed by atoms with E-state index in [4.69, 9.17) is 9.90 Å². The van der Waals surface area contributed by atoms with Gasteiger partial charge in [-0.25, -0.2) is 0 Å². The standard InChI is InChI=1S/C16H27N5OS.C2H4O2/c1-5-11-21-14(12-7-9-17-10-8-12)18-19-16(21)23-13(6-2)15(22)20(3)4;1-2(3)4/h5,12-13,17H,1,6-11H2,2-4H3;1H3,(H,3,4). The average Bonchev–Trinajstić information content (AvgIpc) is 3.02. The van der Waals surface area contributed by atoms with Crippen LogP contribution in [0.3, 0.4) is 0 Å². The first-order valence-corrected chi connectivity index (χ1v) is 10.0. The lowest BCUT2D eigenvalue weighted by molar-refractivity contribution is -0.134. The normalized spacial score (nSPS) is 15.4. The van der Waals surface area contributed by atoms with Crippen LogP contribution in [0.25, 0.3) is 0 Å². The number of carbonyl (C=O) groups excluding carboxylic acids is 1. The molecule has 1 atom stereocenters. The molecule has 1 aliphatic rings. The summed E-state index contributed by atoms with van der Waals surface area (Å²) in [6.07, 6.45) is 4.79. The van der Waals surface area contributed by atoms with Crippen molar-refractivity contribution in [2.24, 2.45) is 0 Å². The van der Waals surface area contributed by atoms with Gasteiger partial charge >= 0.3 is 0 Å². The van der Waals surface area contributed by atoms with Crippen molar-refractivity contribution in [1.82, 2.24) is 25.0 Å². The third-order valence-corrected chi connectivity index (χ3v) is 5.43. The van der Waals surface area contributed by atoms with Crippen molar-refractivity contribution >= 4 is 23.6 Å². The molecular formula is C18H31N5O3S. The molecule has 1 fully saturated rings. The van der Waals surface area contributed by atoms with Gasteiger partial charge in [-0.05, 0) is 32.4 Å². The van der Waals surface area contributed by atoms with E-state index in [1.165, 1.54) is 11.8 Å². The number of nitrogens with zero attached hydrogens (tertiary/aromatic N) is 4. The number of hydrogen-bond acceptors (Lipinski definition) is 6. The maximum absolute atomic E-state index is 12.3. The highest BCUT2D eigenvalue weighted by atomic mass is 32.2. The molecule has 0 aromatic carbocycles. The number of thioether (sulfide) groups is 1. The summed E-state index contributed by atoms with van der Waals surface area (Å²) in [5.41, 5.74) is 0. The minimum atomic E-state index is -0.833. The van der Waals surface area contributed by atoms with Gasteiger partial charge in [0.25, 0.3) is 5.97 Å². The van der Waals surface area contributed by atoms with Crippen LogP contribution in [0.1, 0.15) is 44.9 Å². The van der Waals surface area contributed by atoms with Crippen molar-refractivity contribution in [3.8, 4) is 0 Å². The van der Waals surface area contributed by atoms with Gasteiger partial charge in [-0.3, -0.25) is 9.59 Å². The predicted molar refractivity (Wildman–Crippen MR) is 107 cm³/mol. The largest absolute Gasteiger partial charge is 0.481 e. The monoisotopic (exact) mass is 397 g/mol. The second kappa shape index (κ2) is 11.8. The van der Waals surface area contributed by atoms with Crippen molar-refractivity contribution in [2.75, 3.05) is 27.2 Å². The van der Waals surface area contributed by atoms with Gasteiger partial charge in [-0.15, -0.1) is 16.8 Å². The average molecular weight is 398 g/mol. The van der Waals surface area contributed by atoms with E-state index in [9.17, 15) is 4.79 Å². The molecule has 1 aromatic heterocycles. The number of allylic oxidation sites excluding steroid dienone is 1. The maximum atomic E-state index is 12.3. The molecule has 8 nitrogen and oxygen atoms in total. The Labute approximate surface area is 165 Å². The summed E-state index contributed by atoms with van der Waals surface area (Å²) in [7, 11) is 3.58. The third-order valence-electron chi connectivity index (χ3n) is 4.10. The van der Waals surface area contributed by atoms with E-state index in [2.05, 4.69) is 26.7 Å². The van der Waals surface area contributed by atoms with Gasteiger partial charge in [0.1, 0.15) is 5.82 Å². The molecule has 1 unspecified atom stereocenters. The van der Waals surface area contributed by atoms with Crippen molar-refractivity contribution in [1.29, 1.82) is 0 Å². The van der Waals surface area contributed by atoms with Gasteiger partial charge in [0, 0.05) is 33.5 Å². The lowest BCUT2D eigenvalue weighted by Gasteiger charge is -2.23.